The van der Waals surface area contributed by atoms with Crippen molar-refractivity contribution < 1.29 is 19.1 Å². The average Bonchev–Trinajstić information content (AvgIpc) is 2.80. The fourth-order valence-electron chi connectivity index (χ4n) is 3.97. The minimum atomic E-state index is -0.436. The molecule has 0 fully saturated rings. The highest BCUT2D eigenvalue weighted by atomic mass is 35.5. The number of hydrogen-bond acceptors (Lipinski definition) is 5. The van der Waals surface area contributed by atoms with Gasteiger partial charge in [0, 0.05) is 19.2 Å². The van der Waals surface area contributed by atoms with Crippen LogP contribution >= 0.6 is 11.6 Å². The molecule has 33 heavy (non-hydrogen) atoms. The number of unbranched alkanes of at least 4 members (excludes halogenated alkanes) is 1. The number of nitrogens with zero attached hydrogens (tertiary/aromatic N) is 1. The van der Waals surface area contributed by atoms with E-state index in [-0.39, 0.29) is 18.0 Å². The number of amides is 1. The molecule has 0 bridgehead atoms. The third kappa shape index (κ3) is 8.34. The van der Waals surface area contributed by atoms with Crippen LogP contribution < -0.4 is 10.8 Å². The van der Waals surface area contributed by atoms with E-state index in [1.807, 2.05) is 12.1 Å². The van der Waals surface area contributed by atoms with Gasteiger partial charge in [0.15, 0.2) is 0 Å². The molecule has 0 spiro atoms. The fraction of sp³-hybridized carbons (Fsp3) is 0.520. The van der Waals surface area contributed by atoms with Gasteiger partial charge in [-0.1, -0.05) is 44.0 Å². The molecule has 0 aliphatic carbocycles. The van der Waals surface area contributed by atoms with E-state index in [1.165, 1.54) is 6.07 Å². The number of pyridine rings is 1. The zero-order valence-electron chi connectivity index (χ0n) is 19.8. The molecule has 1 heterocycles. The van der Waals surface area contributed by atoms with Crippen molar-refractivity contribution in [3.05, 3.63) is 64.2 Å². The lowest BCUT2D eigenvalue weighted by Crippen LogP contribution is -2.30. The zero-order chi connectivity index (χ0) is 24.4. The Morgan fingerprint density at radius 1 is 1.24 bits per heavy atom. The van der Waals surface area contributed by atoms with Crippen LogP contribution in [-0.2, 0) is 9.53 Å². The highest BCUT2D eigenvalue weighted by Gasteiger charge is 2.24. The van der Waals surface area contributed by atoms with Crippen LogP contribution in [0.5, 0.6) is 0 Å². The standard InChI is InChI=1S/C25H35ClFN3O3/c1-16(2)24(22-11-9-20(26)15-29-22)28-12-6-5-7-19(25(31)30-32)14-23(33-4)18-8-10-21(27)17(3)13-18/h8-11,13,15-16,19,23-24,28,32H,5-7,12,14H2,1-4H3,(H,30,31)/t19-,23+,24+/m0/s1. The van der Waals surface area contributed by atoms with Crippen molar-refractivity contribution >= 4 is 17.5 Å². The average molecular weight is 480 g/mol. The summed E-state index contributed by atoms with van der Waals surface area (Å²) in [5.41, 5.74) is 4.06. The third-order valence-corrected chi connectivity index (χ3v) is 6.12. The van der Waals surface area contributed by atoms with E-state index in [2.05, 4.69) is 24.1 Å². The SMILES string of the molecule is CO[C@H](C[C@H](CCCCN[C@@H](c1ccc(Cl)cn1)C(C)C)C(=O)NO)c1ccc(F)c(C)c1. The smallest absolute Gasteiger partial charge is 0.246 e. The van der Waals surface area contributed by atoms with Crippen LogP contribution in [0.3, 0.4) is 0 Å². The Morgan fingerprint density at radius 3 is 2.58 bits per heavy atom. The van der Waals surface area contributed by atoms with Gasteiger partial charge in [0.05, 0.1) is 22.9 Å². The van der Waals surface area contributed by atoms with E-state index in [4.69, 9.17) is 16.3 Å². The number of hydroxylamine groups is 1. The van der Waals surface area contributed by atoms with Crippen LogP contribution in [0, 0.1) is 24.6 Å². The van der Waals surface area contributed by atoms with Crippen molar-refractivity contribution in [2.75, 3.05) is 13.7 Å². The molecule has 8 heteroatoms. The number of rotatable bonds is 13. The molecule has 182 valence electrons. The quantitative estimate of drug-likeness (QED) is 0.199. The Bertz CT molecular complexity index is 880. The highest BCUT2D eigenvalue weighted by molar-refractivity contribution is 6.30. The summed E-state index contributed by atoms with van der Waals surface area (Å²) in [6.45, 7) is 6.74. The van der Waals surface area contributed by atoms with Crippen LogP contribution in [0.1, 0.15) is 68.5 Å². The number of nitrogens with one attached hydrogen (secondary N) is 2. The van der Waals surface area contributed by atoms with E-state index in [0.29, 0.717) is 29.3 Å². The molecule has 2 aromatic rings. The maximum Gasteiger partial charge on any atom is 0.246 e. The molecule has 3 N–H and O–H groups in total. The maximum atomic E-state index is 13.6. The number of carbonyl (C=O) groups is 1. The minimum Gasteiger partial charge on any atom is -0.377 e. The van der Waals surface area contributed by atoms with Crippen molar-refractivity contribution in [1.29, 1.82) is 0 Å². The van der Waals surface area contributed by atoms with E-state index >= 15 is 0 Å². The molecule has 0 saturated heterocycles. The summed E-state index contributed by atoms with van der Waals surface area (Å²) in [5, 5.41) is 13.4. The lowest BCUT2D eigenvalue weighted by Gasteiger charge is -2.23. The monoisotopic (exact) mass is 479 g/mol. The molecule has 0 aliphatic rings. The molecule has 6 nitrogen and oxygen atoms in total. The Kier molecular flexibility index (Phi) is 11.2. The topological polar surface area (TPSA) is 83.5 Å². The Hall–Kier alpha value is -2.06. The van der Waals surface area contributed by atoms with E-state index < -0.39 is 11.8 Å². The van der Waals surface area contributed by atoms with Crippen molar-refractivity contribution in [3.63, 3.8) is 0 Å². The highest BCUT2D eigenvalue weighted by Crippen LogP contribution is 2.29. The molecular formula is C25H35ClFN3O3. The number of aromatic nitrogens is 1. The van der Waals surface area contributed by atoms with E-state index in [1.54, 1.807) is 37.8 Å². The maximum absolute atomic E-state index is 13.6. The summed E-state index contributed by atoms with van der Waals surface area (Å²) in [6.07, 6.45) is 3.93. The lowest BCUT2D eigenvalue weighted by atomic mass is 9.91. The molecule has 0 unspecified atom stereocenters. The predicted octanol–water partition coefficient (Wildman–Crippen LogP) is 5.54. The van der Waals surface area contributed by atoms with E-state index in [9.17, 15) is 14.4 Å². The predicted molar refractivity (Wildman–Crippen MR) is 128 cm³/mol. The zero-order valence-corrected chi connectivity index (χ0v) is 20.5. The molecule has 0 saturated carbocycles. The van der Waals surface area contributed by atoms with Gasteiger partial charge in [-0.2, -0.15) is 0 Å². The summed E-state index contributed by atoms with van der Waals surface area (Å²) in [5.74, 6) is -0.786. The van der Waals surface area contributed by atoms with Gasteiger partial charge in [-0.05, 0) is 68.0 Å². The Morgan fingerprint density at radius 2 is 2.00 bits per heavy atom. The summed E-state index contributed by atoms with van der Waals surface area (Å²) < 4.78 is 19.2. The molecule has 0 radical (unpaired) electrons. The molecule has 1 amide bonds. The van der Waals surface area contributed by atoms with Crippen molar-refractivity contribution in [2.24, 2.45) is 11.8 Å². The number of carbonyl (C=O) groups excluding carboxylic acids is 1. The second-order valence-corrected chi connectivity index (χ2v) is 9.15. The third-order valence-electron chi connectivity index (χ3n) is 5.90. The van der Waals surface area contributed by atoms with E-state index in [0.717, 1.165) is 30.6 Å². The summed E-state index contributed by atoms with van der Waals surface area (Å²) in [6, 6.07) is 8.70. The molecule has 1 aromatic heterocycles. The molecule has 2 rings (SSSR count). The Labute approximate surface area is 200 Å². The van der Waals surface area contributed by atoms with Gasteiger partial charge in [0.1, 0.15) is 5.82 Å². The number of methoxy groups -OCH3 is 1. The number of benzene rings is 1. The first-order chi connectivity index (χ1) is 15.8. The minimum absolute atomic E-state index is 0.110. The lowest BCUT2D eigenvalue weighted by molar-refractivity contribution is -0.135. The first-order valence-electron chi connectivity index (χ1n) is 11.3. The van der Waals surface area contributed by atoms with Crippen LogP contribution in [0.15, 0.2) is 36.5 Å². The van der Waals surface area contributed by atoms with Gasteiger partial charge in [0.2, 0.25) is 5.91 Å². The van der Waals surface area contributed by atoms with Gasteiger partial charge in [0.25, 0.3) is 0 Å². The van der Waals surface area contributed by atoms with Crippen LogP contribution in [0.4, 0.5) is 4.39 Å². The number of ether oxygens (including phenoxy) is 1. The fourth-order valence-corrected chi connectivity index (χ4v) is 4.08. The number of hydrogen-bond donors (Lipinski definition) is 3. The first-order valence-corrected chi connectivity index (χ1v) is 11.7. The molecular weight excluding hydrogens is 445 g/mol. The summed E-state index contributed by atoms with van der Waals surface area (Å²) >= 11 is 5.95. The Balaban J connectivity index is 1.91. The molecule has 3 atom stereocenters. The van der Waals surface area contributed by atoms with Gasteiger partial charge in [-0.3, -0.25) is 15.0 Å². The summed E-state index contributed by atoms with van der Waals surface area (Å²) in [4.78, 5) is 16.7. The summed E-state index contributed by atoms with van der Waals surface area (Å²) in [7, 11) is 1.57. The van der Waals surface area contributed by atoms with Gasteiger partial charge < -0.3 is 10.1 Å². The molecule has 0 aliphatic heterocycles. The van der Waals surface area contributed by atoms with Gasteiger partial charge in [-0.25, -0.2) is 9.87 Å². The number of halogens is 2. The second-order valence-electron chi connectivity index (χ2n) is 8.71. The van der Waals surface area contributed by atoms with Crippen LogP contribution in [0.25, 0.3) is 0 Å². The normalized spacial score (nSPS) is 14.2. The van der Waals surface area contributed by atoms with Crippen LogP contribution in [0.2, 0.25) is 5.02 Å². The van der Waals surface area contributed by atoms with Gasteiger partial charge >= 0.3 is 0 Å². The van der Waals surface area contributed by atoms with Gasteiger partial charge in [-0.15, -0.1) is 0 Å². The second kappa shape index (κ2) is 13.6. The number of aryl methyl sites for hydroxylation is 1. The van der Waals surface area contributed by atoms with Crippen molar-refractivity contribution in [2.45, 2.75) is 58.6 Å². The molecule has 1 aromatic carbocycles. The van der Waals surface area contributed by atoms with Crippen LogP contribution in [-0.4, -0.2) is 29.8 Å². The van der Waals surface area contributed by atoms with Crippen molar-refractivity contribution in [3.8, 4) is 0 Å². The van der Waals surface area contributed by atoms with Crippen molar-refractivity contribution in [1.82, 2.24) is 15.8 Å². The largest absolute Gasteiger partial charge is 0.377 e. The first kappa shape index (κ1) is 27.2.